The maximum absolute atomic E-state index is 13.7. The van der Waals surface area contributed by atoms with Crippen LogP contribution in [0.1, 0.15) is 30.5 Å². The normalized spacial score (nSPS) is 23.9. The SMILES string of the molecule is Cc1cc(C=C(CNc2cnc3ccccc3c2)P2(=O)N[C@@H](C)[C@H](C)O2)cc(C)c1O. The molecule has 0 amide bonds. The number of aromatic nitrogens is 1. The molecule has 0 spiro atoms. The predicted molar refractivity (Wildman–Crippen MR) is 127 cm³/mol. The van der Waals surface area contributed by atoms with Crippen LogP contribution in [0, 0.1) is 13.8 Å². The fourth-order valence-corrected chi connectivity index (χ4v) is 6.11. The number of phenols is 1. The highest BCUT2D eigenvalue weighted by molar-refractivity contribution is 7.62. The van der Waals surface area contributed by atoms with Crippen molar-refractivity contribution in [3.63, 3.8) is 0 Å². The highest BCUT2D eigenvalue weighted by atomic mass is 31.2. The predicted octanol–water partition coefficient (Wildman–Crippen LogP) is 5.60. The largest absolute Gasteiger partial charge is 0.507 e. The number of fused-ring (bicyclic) bond motifs is 1. The van der Waals surface area contributed by atoms with E-state index in [9.17, 15) is 9.67 Å². The number of benzene rings is 2. The summed E-state index contributed by atoms with van der Waals surface area (Å²) in [5.41, 5.74) is 4.19. The number of para-hydroxylation sites is 1. The third-order valence-corrected chi connectivity index (χ3v) is 8.10. The van der Waals surface area contributed by atoms with E-state index in [1.165, 1.54) is 0 Å². The fourth-order valence-electron chi connectivity index (χ4n) is 3.75. The van der Waals surface area contributed by atoms with Crippen molar-refractivity contribution in [2.45, 2.75) is 39.8 Å². The van der Waals surface area contributed by atoms with Gasteiger partial charge in [-0.1, -0.05) is 18.2 Å². The quantitative estimate of drug-likeness (QED) is 0.451. The van der Waals surface area contributed by atoms with Crippen molar-refractivity contribution in [1.82, 2.24) is 10.1 Å². The number of nitrogens with zero attached hydrogens (tertiary/aromatic N) is 1. The summed E-state index contributed by atoms with van der Waals surface area (Å²) in [6, 6.07) is 13.7. The van der Waals surface area contributed by atoms with Crippen molar-refractivity contribution in [2.24, 2.45) is 0 Å². The van der Waals surface area contributed by atoms with Gasteiger partial charge in [-0.3, -0.25) is 9.55 Å². The van der Waals surface area contributed by atoms with E-state index in [4.69, 9.17) is 4.52 Å². The Morgan fingerprint density at radius 3 is 2.61 bits per heavy atom. The third-order valence-electron chi connectivity index (χ3n) is 5.68. The fraction of sp³-hybridized carbons (Fsp3) is 0.292. The van der Waals surface area contributed by atoms with Crippen molar-refractivity contribution in [3.8, 4) is 5.75 Å². The Kier molecular flexibility index (Phi) is 5.89. The first-order valence-corrected chi connectivity index (χ1v) is 12.0. The summed E-state index contributed by atoms with van der Waals surface area (Å²) in [5, 5.41) is 18.3. The maximum Gasteiger partial charge on any atom is 0.298 e. The van der Waals surface area contributed by atoms with Gasteiger partial charge < -0.3 is 14.9 Å². The number of anilines is 1. The van der Waals surface area contributed by atoms with Gasteiger partial charge in [0.05, 0.1) is 23.5 Å². The minimum Gasteiger partial charge on any atom is -0.507 e. The van der Waals surface area contributed by atoms with E-state index in [1.54, 1.807) is 6.20 Å². The second-order valence-corrected chi connectivity index (χ2v) is 10.3. The first-order chi connectivity index (χ1) is 14.7. The highest BCUT2D eigenvalue weighted by Crippen LogP contribution is 2.57. The molecule has 0 aliphatic carbocycles. The standard InChI is InChI=1S/C24H28N3O3P/c1-15-9-19(10-16(2)24(15)28)11-22(31(29)27-17(3)18(4)30-31)14-25-21-12-20-7-5-6-8-23(20)26-13-21/h5-13,17-18,25,28H,14H2,1-4H3,(H,27,29)/t17-,18-,31?/m0/s1. The van der Waals surface area contributed by atoms with Crippen LogP contribution in [0.25, 0.3) is 17.0 Å². The molecule has 3 N–H and O–H groups in total. The first kappa shape index (κ1) is 21.6. The molecule has 162 valence electrons. The van der Waals surface area contributed by atoms with E-state index in [0.717, 1.165) is 33.3 Å². The van der Waals surface area contributed by atoms with Crippen LogP contribution in [0.2, 0.25) is 0 Å². The summed E-state index contributed by atoms with van der Waals surface area (Å²) in [4.78, 5) is 4.49. The monoisotopic (exact) mass is 437 g/mol. The number of aryl methyl sites for hydroxylation is 2. The average Bonchev–Trinajstić information content (AvgIpc) is 3.01. The second kappa shape index (κ2) is 8.46. The van der Waals surface area contributed by atoms with Gasteiger partial charge >= 0.3 is 0 Å². The van der Waals surface area contributed by atoms with Gasteiger partial charge in [-0.25, -0.2) is 5.09 Å². The number of pyridine rings is 1. The molecule has 0 radical (unpaired) electrons. The lowest BCUT2D eigenvalue weighted by Gasteiger charge is -2.18. The topological polar surface area (TPSA) is 83.5 Å². The zero-order valence-electron chi connectivity index (χ0n) is 18.2. The molecule has 0 saturated carbocycles. The minimum absolute atomic E-state index is 0.0140. The zero-order valence-corrected chi connectivity index (χ0v) is 19.1. The number of hydrogen-bond acceptors (Lipinski definition) is 5. The molecule has 1 saturated heterocycles. The molecule has 1 unspecified atom stereocenters. The lowest BCUT2D eigenvalue weighted by molar-refractivity contribution is 0.240. The van der Waals surface area contributed by atoms with Crippen molar-refractivity contribution in [2.75, 3.05) is 11.9 Å². The van der Waals surface area contributed by atoms with E-state index in [1.807, 2.05) is 76.2 Å². The molecule has 3 aromatic rings. The third kappa shape index (κ3) is 4.52. The van der Waals surface area contributed by atoms with Crippen molar-refractivity contribution in [3.05, 3.63) is 70.7 Å². The Bertz CT molecular complexity index is 1170. The Morgan fingerprint density at radius 1 is 1.23 bits per heavy atom. The molecule has 1 aromatic heterocycles. The smallest absolute Gasteiger partial charge is 0.298 e. The molecule has 3 atom stereocenters. The van der Waals surface area contributed by atoms with E-state index in [-0.39, 0.29) is 17.9 Å². The van der Waals surface area contributed by atoms with Crippen LogP contribution in [-0.2, 0) is 9.09 Å². The molecule has 4 rings (SSSR count). The van der Waals surface area contributed by atoms with Crippen LogP contribution in [0.15, 0.2) is 54.0 Å². The molecule has 7 heteroatoms. The number of phenolic OH excluding ortho intramolecular Hbond substituents is 1. The number of rotatable bonds is 5. The van der Waals surface area contributed by atoms with Gasteiger partial charge in [-0.05, 0) is 74.7 Å². The van der Waals surface area contributed by atoms with Crippen molar-refractivity contribution >= 4 is 30.2 Å². The second-order valence-electron chi connectivity index (χ2n) is 8.19. The summed E-state index contributed by atoms with van der Waals surface area (Å²) >= 11 is 0. The van der Waals surface area contributed by atoms with E-state index in [2.05, 4.69) is 15.4 Å². The van der Waals surface area contributed by atoms with Crippen LogP contribution in [0.5, 0.6) is 5.75 Å². The molecule has 2 heterocycles. The lowest BCUT2D eigenvalue weighted by Crippen LogP contribution is -2.23. The van der Waals surface area contributed by atoms with Crippen LogP contribution < -0.4 is 10.4 Å². The number of nitrogens with one attached hydrogen (secondary N) is 2. The Hall–Kier alpha value is -2.66. The van der Waals surface area contributed by atoms with Gasteiger partial charge in [-0.15, -0.1) is 0 Å². The molecular formula is C24H28N3O3P. The summed E-state index contributed by atoms with van der Waals surface area (Å²) in [6.45, 7) is 7.94. The maximum atomic E-state index is 13.7. The summed E-state index contributed by atoms with van der Waals surface area (Å²) in [5.74, 6) is 0.281. The van der Waals surface area contributed by atoms with Crippen LogP contribution >= 0.6 is 7.52 Å². The number of hydrogen-bond donors (Lipinski definition) is 3. The van der Waals surface area contributed by atoms with E-state index >= 15 is 0 Å². The molecule has 1 aliphatic rings. The van der Waals surface area contributed by atoms with Crippen molar-refractivity contribution in [1.29, 1.82) is 0 Å². The molecule has 1 aliphatic heterocycles. The van der Waals surface area contributed by atoms with Gasteiger partial charge in [-0.2, -0.15) is 0 Å². The van der Waals surface area contributed by atoms with Gasteiger partial charge in [0.15, 0.2) is 0 Å². The average molecular weight is 437 g/mol. The van der Waals surface area contributed by atoms with Gasteiger partial charge in [0.1, 0.15) is 5.75 Å². The van der Waals surface area contributed by atoms with Gasteiger partial charge in [0, 0.05) is 23.3 Å². The Balaban J connectivity index is 1.67. The summed E-state index contributed by atoms with van der Waals surface area (Å²) in [7, 11) is -3.22. The number of aromatic hydroxyl groups is 1. The Labute approximate surface area is 182 Å². The van der Waals surface area contributed by atoms with Crippen LogP contribution in [0.4, 0.5) is 5.69 Å². The molecule has 2 aromatic carbocycles. The highest BCUT2D eigenvalue weighted by Gasteiger charge is 2.40. The Morgan fingerprint density at radius 2 is 1.94 bits per heavy atom. The molecule has 6 nitrogen and oxygen atoms in total. The van der Waals surface area contributed by atoms with Crippen LogP contribution in [-0.4, -0.2) is 28.8 Å². The lowest BCUT2D eigenvalue weighted by atomic mass is 10.1. The summed E-state index contributed by atoms with van der Waals surface area (Å²) < 4.78 is 19.6. The van der Waals surface area contributed by atoms with E-state index < -0.39 is 7.52 Å². The van der Waals surface area contributed by atoms with Crippen molar-refractivity contribution < 1.29 is 14.2 Å². The molecule has 0 bridgehead atoms. The molecule has 31 heavy (non-hydrogen) atoms. The van der Waals surface area contributed by atoms with Gasteiger partial charge in [0.25, 0.3) is 7.52 Å². The molecular weight excluding hydrogens is 409 g/mol. The van der Waals surface area contributed by atoms with Gasteiger partial charge in [0.2, 0.25) is 0 Å². The van der Waals surface area contributed by atoms with E-state index in [0.29, 0.717) is 11.9 Å². The molecule has 1 fully saturated rings. The first-order valence-electron chi connectivity index (χ1n) is 10.4. The minimum atomic E-state index is -3.22. The summed E-state index contributed by atoms with van der Waals surface area (Å²) in [6.07, 6.45) is 3.51. The zero-order chi connectivity index (χ0) is 22.2. The van der Waals surface area contributed by atoms with Crippen LogP contribution in [0.3, 0.4) is 0 Å².